The lowest BCUT2D eigenvalue weighted by atomic mass is 10.2. The first-order valence-electron chi connectivity index (χ1n) is 8.98. The highest BCUT2D eigenvalue weighted by Gasteiger charge is 2.20. The summed E-state index contributed by atoms with van der Waals surface area (Å²) in [6.45, 7) is 4.36. The van der Waals surface area contributed by atoms with Crippen LogP contribution in [0.5, 0.6) is 0 Å². The first-order valence-corrected chi connectivity index (χ1v) is 8.98. The average molecular weight is 363 g/mol. The first-order chi connectivity index (χ1) is 13.2. The van der Waals surface area contributed by atoms with Crippen LogP contribution in [0.15, 0.2) is 47.5 Å². The number of rotatable bonds is 4. The van der Waals surface area contributed by atoms with E-state index in [2.05, 4.69) is 44.0 Å². The van der Waals surface area contributed by atoms with Crippen LogP contribution in [-0.4, -0.2) is 51.9 Å². The van der Waals surface area contributed by atoms with E-state index in [1.54, 1.807) is 7.05 Å². The van der Waals surface area contributed by atoms with Gasteiger partial charge in [-0.25, -0.2) is 9.97 Å². The van der Waals surface area contributed by atoms with E-state index in [1.807, 2.05) is 6.07 Å². The molecule has 138 valence electrons. The van der Waals surface area contributed by atoms with E-state index < -0.39 is 0 Å². The molecule has 1 aliphatic rings. The van der Waals surface area contributed by atoms with Crippen LogP contribution in [0.1, 0.15) is 15.9 Å². The number of aryl methyl sites for hydroxylation is 1. The van der Waals surface area contributed by atoms with E-state index >= 15 is 0 Å². The molecular formula is C20H21N5O2. The van der Waals surface area contributed by atoms with Gasteiger partial charge in [0.05, 0.1) is 16.5 Å². The summed E-state index contributed by atoms with van der Waals surface area (Å²) < 4.78 is 1.39. The number of anilines is 1. The Kier molecular flexibility index (Phi) is 4.68. The molecule has 3 heterocycles. The molecule has 0 unspecified atom stereocenters. The minimum atomic E-state index is -0.199. The van der Waals surface area contributed by atoms with Crippen molar-refractivity contribution in [1.82, 2.24) is 19.4 Å². The van der Waals surface area contributed by atoms with Crippen molar-refractivity contribution in [2.75, 3.05) is 31.1 Å². The van der Waals surface area contributed by atoms with E-state index in [9.17, 15) is 9.59 Å². The van der Waals surface area contributed by atoms with Crippen molar-refractivity contribution in [2.24, 2.45) is 7.05 Å². The van der Waals surface area contributed by atoms with Gasteiger partial charge in [0.2, 0.25) is 5.95 Å². The smallest absolute Gasteiger partial charge is 0.261 e. The third-order valence-electron chi connectivity index (χ3n) is 4.96. The Morgan fingerprint density at radius 3 is 2.56 bits per heavy atom. The number of carbonyl (C=O) groups excluding carboxylic acids is 1. The summed E-state index contributed by atoms with van der Waals surface area (Å²) in [4.78, 5) is 37.1. The highest BCUT2D eigenvalue weighted by atomic mass is 16.1. The molecule has 0 bridgehead atoms. The maximum Gasteiger partial charge on any atom is 0.261 e. The van der Waals surface area contributed by atoms with Gasteiger partial charge in [0.1, 0.15) is 0 Å². The highest BCUT2D eigenvalue weighted by Crippen LogP contribution is 2.17. The standard InChI is InChI=1S/C20H21N5O2/c1-23-13-16(14-26)18-17(19(23)27)11-21-20(22-18)25-9-7-24(8-10-25)12-15-5-3-2-4-6-15/h2-6,11,13-14H,7-10,12H2,1H3. The van der Waals surface area contributed by atoms with E-state index in [1.165, 1.54) is 22.5 Å². The zero-order valence-electron chi connectivity index (χ0n) is 15.2. The summed E-state index contributed by atoms with van der Waals surface area (Å²) in [5.74, 6) is 0.568. The summed E-state index contributed by atoms with van der Waals surface area (Å²) in [6, 6.07) is 10.4. The minimum Gasteiger partial charge on any atom is -0.338 e. The third kappa shape index (κ3) is 3.46. The molecule has 0 aliphatic carbocycles. The second-order valence-electron chi connectivity index (χ2n) is 6.80. The van der Waals surface area contributed by atoms with Gasteiger partial charge in [-0.2, -0.15) is 0 Å². The predicted octanol–water partition coefficient (Wildman–Crippen LogP) is 1.46. The molecule has 0 N–H and O–H groups in total. The quantitative estimate of drug-likeness (QED) is 0.654. The summed E-state index contributed by atoms with van der Waals surface area (Å²) in [5.41, 5.74) is 1.93. The van der Waals surface area contributed by atoms with E-state index in [0.717, 1.165) is 39.0 Å². The SMILES string of the molecule is Cn1cc(C=O)c2nc(N3CCN(Cc4ccccc4)CC3)ncc2c1=O. The van der Waals surface area contributed by atoms with Gasteiger partial charge in [0.15, 0.2) is 6.29 Å². The molecule has 7 nitrogen and oxygen atoms in total. The summed E-state index contributed by atoms with van der Waals surface area (Å²) >= 11 is 0. The minimum absolute atomic E-state index is 0.199. The number of hydrogen-bond acceptors (Lipinski definition) is 6. The van der Waals surface area contributed by atoms with Crippen LogP contribution < -0.4 is 10.5 Å². The molecule has 3 aromatic rings. The molecule has 0 saturated carbocycles. The largest absolute Gasteiger partial charge is 0.338 e. The predicted molar refractivity (Wildman–Crippen MR) is 104 cm³/mol. The van der Waals surface area contributed by atoms with Crippen LogP contribution in [0.2, 0.25) is 0 Å². The fraction of sp³-hybridized carbons (Fsp3) is 0.300. The fourth-order valence-electron chi connectivity index (χ4n) is 3.45. The number of nitrogens with zero attached hydrogens (tertiary/aromatic N) is 5. The van der Waals surface area contributed by atoms with Crippen molar-refractivity contribution in [3.8, 4) is 0 Å². The van der Waals surface area contributed by atoms with E-state index in [-0.39, 0.29) is 5.56 Å². The number of pyridine rings is 1. The van der Waals surface area contributed by atoms with E-state index in [0.29, 0.717) is 22.4 Å². The van der Waals surface area contributed by atoms with Gasteiger partial charge in [-0.15, -0.1) is 0 Å². The lowest BCUT2D eigenvalue weighted by Crippen LogP contribution is -2.46. The summed E-state index contributed by atoms with van der Waals surface area (Å²) in [6.07, 6.45) is 3.78. The van der Waals surface area contributed by atoms with Crippen LogP contribution in [0.3, 0.4) is 0 Å². The summed E-state index contributed by atoms with van der Waals surface area (Å²) in [5, 5.41) is 0.369. The van der Waals surface area contributed by atoms with Gasteiger partial charge in [-0.1, -0.05) is 30.3 Å². The molecule has 1 aliphatic heterocycles. The Hall–Kier alpha value is -3.06. The van der Waals surface area contributed by atoms with Crippen molar-refractivity contribution in [1.29, 1.82) is 0 Å². The molecular weight excluding hydrogens is 342 g/mol. The molecule has 0 atom stereocenters. The van der Waals surface area contributed by atoms with Gasteiger partial charge in [-0.3, -0.25) is 14.5 Å². The monoisotopic (exact) mass is 363 g/mol. The zero-order chi connectivity index (χ0) is 18.8. The number of benzene rings is 1. The molecule has 0 radical (unpaired) electrons. The van der Waals surface area contributed by atoms with Crippen LogP contribution in [0, 0.1) is 0 Å². The van der Waals surface area contributed by atoms with E-state index in [4.69, 9.17) is 0 Å². The van der Waals surface area contributed by atoms with Crippen molar-refractivity contribution in [3.63, 3.8) is 0 Å². The lowest BCUT2D eigenvalue weighted by Gasteiger charge is -2.34. The number of aldehydes is 1. The number of aromatic nitrogens is 3. The Balaban J connectivity index is 1.53. The van der Waals surface area contributed by atoms with Crippen LogP contribution in [0.25, 0.3) is 10.9 Å². The molecule has 1 saturated heterocycles. The van der Waals surface area contributed by atoms with Crippen molar-refractivity contribution < 1.29 is 4.79 Å². The lowest BCUT2D eigenvalue weighted by molar-refractivity contribution is 0.112. The van der Waals surface area contributed by atoms with Crippen molar-refractivity contribution in [3.05, 3.63) is 64.2 Å². The Bertz CT molecular complexity index is 1020. The van der Waals surface area contributed by atoms with Gasteiger partial charge < -0.3 is 9.47 Å². The van der Waals surface area contributed by atoms with Crippen LogP contribution in [0.4, 0.5) is 5.95 Å². The second-order valence-corrected chi connectivity index (χ2v) is 6.80. The third-order valence-corrected chi connectivity index (χ3v) is 4.96. The van der Waals surface area contributed by atoms with Crippen LogP contribution >= 0.6 is 0 Å². The van der Waals surface area contributed by atoms with Gasteiger partial charge in [-0.05, 0) is 5.56 Å². The zero-order valence-corrected chi connectivity index (χ0v) is 15.2. The van der Waals surface area contributed by atoms with Crippen LogP contribution in [-0.2, 0) is 13.6 Å². The maximum atomic E-state index is 12.2. The van der Waals surface area contributed by atoms with Gasteiger partial charge >= 0.3 is 0 Å². The van der Waals surface area contributed by atoms with Gasteiger partial charge in [0.25, 0.3) is 5.56 Å². The number of carbonyl (C=O) groups is 1. The topological polar surface area (TPSA) is 71.3 Å². The molecule has 27 heavy (non-hydrogen) atoms. The molecule has 7 heteroatoms. The molecule has 1 fully saturated rings. The normalized spacial score (nSPS) is 15.2. The Morgan fingerprint density at radius 1 is 1.11 bits per heavy atom. The van der Waals surface area contributed by atoms with Crippen molar-refractivity contribution >= 4 is 23.1 Å². The molecule has 1 aromatic carbocycles. The first kappa shape index (κ1) is 17.4. The number of piperazine rings is 1. The number of hydrogen-bond donors (Lipinski definition) is 0. The molecule has 2 aromatic heterocycles. The average Bonchev–Trinajstić information content (AvgIpc) is 2.71. The van der Waals surface area contributed by atoms with Gasteiger partial charge in [0, 0.05) is 52.2 Å². The highest BCUT2D eigenvalue weighted by molar-refractivity contribution is 5.94. The fourth-order valence-corrected chi connectivity index (χ4v) is 3.45. The molecule has 0 amide bonds. The Labute approximate surface area is 156 Å². The second kappa shape index (κ2) is 7.28. The number of fused-ring (bicyclic) bond motifs is 1. The molecule has 4 rings (SSSR count). The molecule has 0 spiro atoms. The Morgan fingerprint density at radius 2 is 1.85 bits per heavy atom. The maximum absolute atomic E-state index is 12.2. The van der Waals surface area contributed by atoms with Crippen molar-refractivity contribution in [2.45, 2.75) is 6.54 Å². The summed E-state index contributed by atoms with van der Waals surface area (Å²) in [7, 11) is 1.62.